The summed E-state index contributed by atoms with van der Waals surface area (Å²) in [5, 5.41) is 3.21. The monoisotopic (exact) mass is 274 g/mol. The average molecular weight is 274 g/mol. The maximum absolute atomic E-state index is 12.4. The zero-order valence-electron chi connectivity index (χ0n) is 13.1. The average Bonchev–Trinajstić information content (AvgIpc) is 2.37. The number of benzene rings is 1. The number of hydrogen-bond donors (Lipinski definition) is 1. The third-order valence-corrected chi connectivity index (χ3v) is 4.20. The van der Waals surface area contributed by atoms with Gasteiger partial charge < -0.3 is 10.2 Å². The second-order valence-corrected chi connectivity index (χ2v) is 6.33. The first-order chi connectivity index (χ1) is 9.45. The summed E-state index contributed by atoms with van der Waals surface area (Å²) in [6.45, 7) is 4.07. The van der Waals surface area contributed by atoms with Gasteiger partial charge in [0.15, 0.2) is 0 Å². The van der Waals surface area contributed by atoms with Crippen molar-refractivity contribution in [1.29, 1.82) is 0 Å². The molecule has 0 spiro atoms. The Balaban J connectivity index is 2.00. The number of amides is 1. The molecule has 3 nitrogen and oxygen atoms in total. The summed E-state index contributed by atoms with van der Waals surface area (Å²) >= 11 is 0. The Bertz CT molecular complexity index is 462. The molecule has 1 aliphatic rings. The molecule has 0 unspecified atom stereocenters. The Morgan fingerprint density at radius 1 is 1.15 bits per heavy atom. The number of hydrogen-bond acceptors (Lipinski definition) is 2. The molecule has 0 bridgehead atoms. The molecule has 1 aromatic carbocycles. The summed E-state index contributed by atoms with van der Waals surface area (Å²) in [7, 11) is 4.25. The molecule has 1 saturated carbocycles. The number of nitrogens with one attached hydrogen (secondary N) is 1. The van der Waals surface area contributed by atoms with Crippen LogP contribution in [0.25, 0.3) is 0 Å². The first kappa shape index (κ1) is 15.0. The Morgan fingerprint density at radius 2 is 1.80 bits per heavy atom. The van der Waals surface area contributed by atoms with Gasteiger partial charge in [-0.25, -0.2) is 0 Å². The van der Waals surface area contributed by atoms with E-state index in [0.717, 1.165) is 29.5 Å². The van der Waals surface area contributed by atoms with Gasteiger partial charge >= 0.3 is 0 Å². The topological polar surface area (TPSA) is 32.3 Å². The van der Waals surface area contributed by atoms with E-state index in [-0.39, 0.29) is 5.91 Å². The first-order valence-electron chi connectivity index (χ1n) is 7.51. The van der Waals surface area contributed by atoms with Gasteiger partial charge in [0.1, 0.15) is 0 Å². The van der Waals surface area contributed by atoms with Crippen LogP contribution in [0.5, 0.6) is 0 Å². The van der Waals surface area contributed by atoms with Crippen LogP contribution in [0.15, 0.2) is 18.2 Å². The highest BCUT2D eigenvalue weighted by Crippen LogP contribution is 2.22. The summed E-state index contributed by atoms with van der Waals surface area (Å²) in [4.78, 5) is 14.6. The van der Waals surface area contributed by atoms with Crippen molar-refractivity contribution in [3.8, 4) is 0 Å². The fourth-order valence-corrected chi connectivity index (χ4v) is 3.14. The molecule has 0 aromatic heterocycles. The molecule has 1 aromatic rings. The molecular formula is C17H26N2O. The zero-order chi connectivity index (χ0) is 14.7. The highest BCUT2D eigenvalue weighted by atomic mass is 16.1. The van der Waals surface area contributed by atoms with E-state index in [1.54, 1.807) is 0 Å². The Hall–Kier alpha value is -1.35. The lowest BCUT2D eigenvalue weighted by Gasteiger charge is -2.33. The molecule has 2 rings (SSSR count). The van der Waals surface area contributed by atoms with E-state index < -0.39 is 0 Å². The maximum Gasteiger partial charge on any atom is 0.251 e. The van der Waals surface area contributed by atoms with Crippen LogP contribution >= 0.6 is 0 Å². The maximum atomic E-state index is 12.4. The Labute approximate surface area is 122 Å². The second kappa shape index (κ2) is 6.40. The zero-order valence-corrected chi connectivity index (χ0v) is 13.1. The van der Waals surface area contributed by atoms with Crippen molar-refractivity contribution in [2.75, 3.05) is 14.1 Å². The molecule has 1 amide bonds. The van der Waals surface area contributed by atoms with Crippen molar-refractivity contribution < 1.29 is 4.79 Å². The molecule has 20 heavy (non-hydrogen) atoms. The van der Waals surface area contributed by atoms with E-state index in [2.05, 4.69) is 30.4 Å². The predicted octanol–water partition coefficient (Wildman–Crippen LogP) is 2.91. The lowest BCUT2D eigenvalue weighted by Crippen LogP contribution is -2.43. The van der Waals surface area contributed by atoms with Crippen molar-refractivity contribution in [3.05, 3.63) is 34.9 Å². The standard InChI is InChI=1S/C17H26N2O/c1-12-8-13(2)10-14(9-12)17(20)18-15-6-5-7-16(11-15)19(3)4/h8-10,15-16H,5-7,11H2,1-4H3,(H,18,20)/t15-,16+/m0/s1. The lowest BCUT2D eigenvalue weighted by molar-refractivity contribution is 0.0911. The lowest BCUT2D eigenvalue weighted by atomic mass is 9.90. The van der Waals surface area contributed by atoms with E-state index in [9.17, 15) is 4.79 Å². The van der Waals surface area contributed by atoms with Gasteiger partial charge in [-0.1, -0.05) is 17.2 Å². The second-order valence-electron chi connectivity index (χ2n) is 6.33. The minimum absolute atomic E-state index is 0.0706. The van der Waals surface area contributed by atoms with Gasteiger partial charge in [-0.3, -0.25) is 4.79 Å². The Morgan fingerprint density at radius 3 is 2.40 bits per heavy atom. The smallest absolute Gasteiger partial charge is 0.251 e. The minimum atomic E-state index is 0.0706. The molecule has 0 saturated heterocycles. The first-order valence-corrected chi connectivity index (χ1v) is 7.51. The number of carbonyl (C=O) groups excluding carboxylic acids is 1. The van der Waals surface area contributed by atoms with Crippen LogP contribution in [0.2, 0.25) is 0 Å². The van der Waals surface area contributed by atoms with Crippen LogP contribution in [-0.4, -0.2) is 37.0 Å². The van der Waals surface area contributed by atoms with Crippen LogP contribution in [-0.2, 0) is 0 Å². The molecule has 3 heteroatoms. The van der Waals surface area contributed by atoms with Crippen molar-refractivity contribution in [1.82, 2.24) is 10.2 Å². The van der Waals surface area contributed by atoms with Gasteiger partial charge in [0, 0.05) is 17.6 Å². The van der Waals surface area contributed by atoms with Crippen LogP contribution in [0.1, 0.15) is 47.2 Å². The van der Waals surface area contributed by atoms with Crippen molar-refractivity contribution >= 4 is 5.91 Å². The van der Waals surface area contributed by atoms with Crippen LogP contribution in [0.3, 0.4) is 0 Å². The number of rotatable bonds is 3. The minimum Gasteiger partial charge on any atom is -0.349 e. The number of aryl methyl sites for hydroxylation is 2. The molecule has 110 valence electrons. The van der Waals surface area contributed by atoms with E-state index in [0.29, 0.717) is 12.1 Å². The van der Waals surface area contributed by atoms with Gasteiger partial charge in [0.2, 0.25) is 0 Å². The van der Waals surface area contributed by atoms with Gasteiger partial charge in [0.25, 0.3) is 5.91 Å². The molecule has 2 atom stereocenters. The Kier molecular flexibility index (Phi) is 4.81. The fraction of sp³-hybridized carbons (Fsp3) is 0.588. The summed E-state index contributed by atoms with van der Waals surface area (Å²) in [5.74, 6) is 0.0706. The van der Waals surface area contributed by atoms with Crippen LogP contribution in [0, 0.1) is 13.8 Å². The summed E-state index contributed by atoms with van der Waals surface area (Å²) < 4.78 is 0. The number of nitrogens with zero attached hydrogens (tertiary/aromatic N) is 1. The molecular weight excluding hydrogens is 248 g/mol. The SMILES string of the molecule is Cc1cc(C)cc(C(=O)N[C@H]2CCC[C@@H](N(C)C)C2)c1. The normalized spacial score (nSPS) is 22.9. The van der Waals surface area contributed by atoms with Crippen molar-refractivity contribution in [3.63, 3.8) is 0 Å². The summed E-state index contributed by atoms with van der Waals surface area (Å²) in [5.41, 5.74) is 3.07. The fourth-order valence-electron chi connectivity index (χ4n) is 3.14. The molecule has 1 fully saturated rings. The van der Waals surface area contributed by atoms with Gasteiger partial charge in [-0.2, -0.15) is 0 Å². The summed E-state index contributed by atoms with van der Waals surface area (Å²) in [6.07, 6.45) is 4.59. The third kappa shape index (κ3) is 3.83. The molecule has 0 radical (unpaired) electrons. The molecule has 0 aliphatic heterocycles. The number of carbonyl (C=O) groups is 1. The van der Waals surface area contributed by atoms with Gasteiger partial charge in [0.05, 0.1) is 0 Å². The quantitative estimate of drug-likeness (QED) is 0.919. The predicted molar refractivity (Wildman–Crippen MR) is 83.1 cm³/mol. The molecule has 0 heterocycles. The molecule has 1 N–H and O–H groups in total. The van der Waals surface area contributed by atoms with E-state index in [1.807, 2.05) is 26.0 Å². The van der Waals surface area contributed by atoms with E-state index in [1.165, 1.54) is 12.8 Å². The highest BCUT2D eigenvalue weighted by Gasteiger charge is 2.24. The highest BCUT2D eigenvalue weighted by molar-refractivity contribution is 5.94. The van der Waals surface area contributed by atoms with Crippen molar-refractivity contribution in [2.45, 2.75) is 51.6 Å². The van der Waals surface area contributed by atoms with Gasteiger partial charge in [-0.15, -0.1) is 0 Å². The molecule has 1 aliphatic carbocycles. The van der Waals surface area contributed by atoms with E-state index in [4.69, 9.17) is 0 Å². The van der Waals surface area contributed by atoms with Crippen LogP contribution in [0.4, 0.5) is 0 Å². The van der Waals surface area contributed by atoms with Gasteiger partial charge in [-0.05, 0) is 65.8 Å². The third-order valence-electron chi connectivity index (χ3n) is 4.20. The van der Waals surface area contributed by atoms with Crippen LogP contribution < -0.4 is 5.32 Å². The summed E-state index contributed by atoms with van der Waals surface area (Å²) in [6, 6.07) is 6.93. The largest absolute Gasteiger partial charge is 0.349 e. The van der Waals surface area contributed by atoms with E-state index >= 15 is 0 Å². The van der Waals surface area contributed by atoms with Crippen molar-refractivity contribution in [2.24, 2.45) is 0 Å².